The van der Waals surface area contributed by atoms with Gasteiger partial charge in [0, 0.05) is 27.2 Å². The van der Waals surface area contributed by atoms with Crippen molar-refractivity contribution in [1.82, 2.24) is 19.7 Å². The Morgan fingerprint density at radius 3 is 2.69 bits per heavy atom. The minimum absolute atomic E-state index is 0.0697. The number of ether oxygens (including phenoxy) is 1. The first-order valence-electron chi connectivity index (χ1n) is 11.0. The molecule has 1 aromatic carbocycles. The van der Waals surface area contributed by atoms with E-state index in [1.165, 1.54) is 12.0 Å². The lowest BCUT2D eigenvalue weighted by Crippen LogP contribution is -2.18. The molecule has 0 spiro atoms. The highest BCUT2D eigenvalue weighted by Gasteiger charge is 2.32. The molecule has 1 amide bonds. The number of benzene rings is 1. The normalized spacial score (nSPS) is 14.5. The van der Waals surface area contributed by atoms with Crippen LogP contribution in [0.3, 0.4) is 0 Å². The predicted molar refractivity (Wildman–Crippen MR) is 137 cm³/mol. The maximum absolute atomic E-state index is 13.2. The SMILES string of the molecule is COc1ncccc1NC(=O)CC1N=C(c2ccc(Cl)cc2)c2c(sc(C)c2C)-n2c(C)nnc21. The van der Waals surface area contributed by atoms with Gasteiger partial charge in [-0.25, -0.2) is 4.98 Å². The molecule has 1 N–H and O–H groups in total. The van der Waals surface area contributed by atoms with E-state index in [0.29, 0.717) is 22.4 Å². The summed E-state index contributed by atoms with van der Waals surface area (Å²) < 4.78 is 7.29. The van der Waals surface area contributed by atoms with Gasteiger partial charge in [0.1, 0.15) is 22.6 Å². The van der Waals surface area contributed by atoms with Crippen LogP contribution in [-0.2, 0) is 4.79 Å². The van der Waals surface area contributed by atoms with Gasteiger partial charge < -0.3 is 10.1 Å². The van der Waals surface area contributed by atoms with Crippen LogP contribution >= 0.6 is 22.9 Å². The van der Waals surface area contributed by atoms with Crippen LogP contribution in [0.2, 0.25) is 5.02 Å². The van der Waals surface area contributed by atoms with Crippen molar-refractivity contribution in [3.63, 3.8) is 0 Å². The fraction of sp³-hybridized carbons (Fsp3) is 0.240. The van der Waals surface area contributed by atoms with Crippen molar-refractivity contribution in [2.45, 2.75) is 33.2 Å². The first-order valence-corrected chi connectivity index (χ1v) is 12.2. The average molecular weight is 507 g/mol. The largest absolute Gasteiger partial charge is 0.480 e. The molecule has 10 heteroatoms. The molecule has 0 bridgehead atoms. The summed E-state index contributed by atoms with van der Waals surface area (Å²) >= 11 is 7.84. The zero-order chi connectivity index (χ0) is 24.7. The second-order valence-corrected chi connectivity index (χ2v) is 9.86. The Kier molecular flexibility index (Phi) is 6.12. The van der Waals surface area contributed by atoms with Gasteiger partial charge in [-0.05, 0) is 50.6 Å². The highest BCUT2D eigenvalue weighted by Crippen LogP contribution is 2.39. The van der Waals surface area contributed by atoms with Crippen molar-refractivity contribution in [3.8, 4) is 10.9 Å². The number of carbonyl (C=O) groups excluding carboxylic acids is 1. The Morgan fingerprint density at radius 2 is 1.94 bits per heavy atom. The quantitative estimate of drug-likeness (QED) is 0.400. The monoisotopic (exact) mass is 506 g/mol. The lowest BCUT2D eigenvalue weighted by Gasteiger charge is -2.14. The second-order valence-electron chi connectivity index (χ2n) is 8.22. The fourth-order valence-corrected chi connectivity index (χ4v) is 5.50. The van der Waals surface area contributed by atoms with E-state index in [1.807, 2.05) is 35.8 Å². The number of nitrogens with zero attached hydrogens (tertiary/aromatic N) is 5. The number of anilines is 1. The maximum atomic E-state index is 13.2. The molecule has 1 aliphatic rings. The summed E-state index contributed by atoms with van der Waals surface area (Å²) in [5, 5.41) is 13.3. The molecular formula is C25H23ClN6O2S. The third-order valence-corrected chi connectivity index (χ3v) is 7.42. The van der Waals surface area contributed by atoms with Crippen LogP contribution < -0.4 is 10.1 Å². The Balaban J connectivity index is 1.61. The van der Waals surface area contributed by atoms with E-state index >= 15 is 0 Å². The molecule has 1 aliphatic heterocycles. The molecule has 0 fully saturated rings. The van der Waals surface area contributed by atoms with Crippen molar-refractivity contribution in [2.75, 3.05) is 12.4 Å². The average Bonchev–Trinajstić information content (AvgIpc) is 3.32. The number of hydrogen-bond donors (Lipinski definition) is 1. The molecule has 4 heterocycles. The van der Waals surface area contributed by atoms with E-state index in [-0.39, 0.29) is 12.3 Å². The lowest BCUT2D eigenvalue weighted by molar-refractivity contribution is -0.116. The summed E-state index contributed by atoms with van der Waals surface area (Å²) in [6.45, 7) is 6.10. The fourth-order valence-electron chi connectivity index (χ4n) is 4.16. The summed E-state index contributed by atoms with van der Waals surface area (Å²) in [4.78, 5) is 23.6. The van der Waals surface area contributed by atoms with Gasteiger partial charge in [-0.2, -0.15) is 0 Å². The molecule has 35 heavy (non-hydrogen) atoms. The number of halogens is 1. The van der Waals surface area contributed by atoms with Crippen LogP contribution in [-0.4, -0.2) is 38.5 Å². The third-order valence-electron chi connectivity index (χ3n) is 5.97. The number of carbonyl (C=O) groups is 1. The summed E-state index contributed by atoms with van der Waals surface area (Å²) in [7, 11) is 1.51. The summed E-state index contributed by atoms with van der Waals surface area (Å²) in [5.41, 5.74) is 4.39. The Morgan fingerprint density at radius 1 is 1.17 bits per heavy atom. The zero-order valence-corrected chi connectivity index (χ0v) is 21.2. The van der Waals surface area contributed by atoms with Crippen LogP contribution in [0.5, 0.6) is 5.88 Å². The van der Waals surface area contributed by atoms with Gasteiger partial charge in [-0.1, -0.05) is 23.7 Å². The van der Waals surface area contributed by atoms with Gasteiger partial charge in [0.05, 0.1) is 19.2 Å². The number of aliphatic imine (C=N–C) groups is 1. The van der Waals surface area contributed by atoms with Crippen LogP contribution in [0.4, 0.5) is 5.69 Å². The van der Waals surface area contributed by atoms with Gasteiger partial charge in [-0.3, -0.25) is 14.4 Å². The van der Waals surface area contributed by atoms with Crippen LogP contribution in [0.1, 0.15) is 45.7 Å². The van der Waals surface area contributed by atoms with Crippen molar-refractivity contribution < 1.29 is 9.53 Å². The molecule has 0 aliphatic carbocycles. The first kappa shape index (κ1) is 23.2. The number of methoxy groups -OCH3 is 1. The van der Waals surface area contributed by atoms with Gasteiger partial charge >= 0.3 is 0 Å². The van der Waals surface area contributed by atoms with E-state index in [4.69, 9.17) is 21.3 Å². The molecule has 5 rings (SSSR count). The van der Waals surface area contributed by atoms with E-state index in [2.05, 4.69) is 34.3 Å². The van der Waals surface area contributed by atoms with E-state index in [0.717, 1.165) is 33.2 Å². The van der Waals surface area contributed by atoms with Crippen molar-refractivity contribution in [1.29, 1.82) is 0 Å². The number of aryl methyl sites for hydroxylation is 2. The number of aromatic nitrogens is 4. The number of fused-ring (bicyclic) bond motifs is 3. The Hall–Kier alpha value is -3.56. The minimum Gasteiger partial charge on any atom is -0.480 e. The maximum Gasteiger partial charge on any atom is 0.237 e. The molecule has 1 atom stereocenters. The Labute approximate surface area is 211 Å². The number of hydrogen-bond acceptors (Lipinski definition) is 7. The van der Waals surface area contributed by atoms with Gasteiger partial charge in [0.15, 0.2) is 5.82 Å². The predicted octanol–water partition coefficient (Wildman–Crippen LogP) is 5.23. The molecule has 8 nitrogen and oxygen atoms in total. The van der Waals surface area contributed by atoms with Gasteiger partial charge in [0.25, 0.3) is 0 Å². The summed E-state index contributed by atoms with van der Waals surface area (Å²) in [6, 6.07) is 10.5. The molecule has 0 radical (unpaired) electrons. The number of nitrogens with one attached hydrogen (secondary N) is 1. The van der Waals surface area contributed by atoms with Crippen LogP contribution in [0.25, 0.3) is 5.00 Å². The summed E-state index contributed by atoms with van der Waals surface area (Å²) in [6.07, 6.45) is 1.68. The molecule has 178 valence electrons. The third kappa shape index (κ3) is 4.21. The van der Waals surface area contributed by atoms with E-state index < -0.39 is 6.04 Å². The number of rotatable bonds is 5. The van der Waals surface area contributed by atoms with Crippen LogP contribution in [0.15, 0.2) is 47.6 Å². The highest BCUT2D eigenvalue weighted by molar-refractivity contribution is 7.15. The molecule has 3 aromatic heterocycles. The van der Waals surface area contributed by atoms with E-state index in [1.54, 1.807) is 29.7 Å². The zero-order valence-electron chi connectivity index (χ0n) is 19.7. The second kappa shape index (κ2) is 9.24. The van der Waals surface area contributed by atoms with Crippen LogP contribution in [0, 0.1) is 20.8 Å². The number of amides is 1. The number of pyridine rings is 1. The minimum atomic E-state index is -0.552. The highest BCUT2D eigenvalue weighted by atomic mass is 35.5. The van der Waals surface area contributed by atoms with Crippen molar-refractivity contribution >= 4 is 40.2 Å². The molecule has 4 aromatic rings. The lowest BCUT2D eigenvalue weighted by atomic mass is 9.99. The molecule has 0 saturated heterocycles. The summed E-state index contributed by atoms with van der Waals surface area (Å²) in [5.74, 6) is 1.49. The molecular weight excluding hydrogens is 484 g/mol. The number of thiophene rings is 1. The van der Waals surface area contributed by atoms with Gasteiger partial charge in [0.2, 0.25) is 11.8 Å². The van der Waals surface area contributed by atoms with Crippen molar-refractivity contribution in [2.24, 2.45) is 4.99 Å². The first-order chi connectivity index (χ1) is 16.9. The molecule has 0 saturated carbocycles. The topological polar surface area (TPSA) is 94.3 Å². The van der Waals surface area contributed by atoms with Crippen molar-refractivity contribution in [3.05, 3.63) is 80.8 Å². The van der Waals surface area contributed by atoms with E-state index in [9.17, 15) is 4.79 Å². The smallest absolute Gasteiger partial charge is 0.237 e. The molecule has 1 unspecified atom stereocenters. The standard InChI is InChI=1S/C25H23ClN6O2S/c1-13-14(2)35-25-21(13)22(16-7-9-17(26)10-8-16)29-19(23-31-30-15(3)32(23)25)12-20(33)28-18-6-5-11-27-24(18)34-4/h5-11,19H,12H2,1-4H3,(H,28,33). The Bertz CT molecular complexity index is 1460. The van der Waals surface area contributed by atoms with Gasteiger partial charge in [-0.15, -0.1) is 21.5 Å².